The molecule has 0 fully saturated rings. The summed E-state index contributed by atoms with van der Waals surface area (Å²) in [7, 11) is 0. The van der Waals surface area contributed by atoms with Gasteiger partial charge in [-0.1, -0.05) is 44.5 Å². The number of hydrogen-bond acceptors (Lipinski definition) is 4. The Kier molecular flexibility index (Phi) is 6.21. The molecular weight excluding hydrogens is 354 g/mol. The van der Waals surface area contributed by atoms with Crippen LogP contribution >= 0.6 is 11.6 Å². The summed E-state index contributed by atoms with van der Waals surface area (Å²) in [5, 5.41) is 17.1. The number of nitro groups is 1. The highest BCUT2D eigenvalue weighted by Gasteiger charge is 2.15. The van der Waals surface area contributed by atoms with E-state index >= 15 is 0 Å². The SMILES string of the molecule is CC(C)(C)c1ccc(C(=O)NCCNc2ccc(Cl)cc2[N+](=O)[O-])cc1. The van der Waals surface area contributed by atoms with Gasteiger partial charge in [-0.2, -0.15) is 0 Å². The van der Waals surface area contributed by atoms with Crippen LogP contribution in [0.5, 0.6) is 0 Å². The molecule has 0 heterocycles. The van der Waals surface area contributed by atoms with Crippen molar-refractivity contribution < 1.29 is 9.72 Å². The van der Waals surface area contributed by atoms with Crippen LogP contribution in [-0.2, 0) is 5.41 Å². The highest BCUT2D eigenvalue weighted by Crippen LogP contribution is 2.27. The fourth-order valence-electron chi connectivity index (χ4n) is 2.40. The number of hydrogen-bond donors (Lipinski definition) is 2. The average molecular weight is 376 g/mol. The quantitative estimate of drug-likeness (QED) is 0.445. The van der Waals surface area contributed by atoms with Crippen molar-refractivity contribution in [2.75, 3.05) is 18.4 Å². The van der Waals surface area contributed by atoms with E-state index in [9.17, 15) is 14.9 Å². The zero-order chi connectivity index (χ0) is 19.3. The van der Waals surface area contributed by atoms with Gasteiger partial charge in [0, 0.05) is 29.7 Å². The summed E-state index contributed by atoms with van der Waals surface area (Å²) in [4.78, 5) is 22.7. The van der Waals surface area contributed by atoms with Gasteiger partial charge in [0.2, 0.25) is 0 Å². The molecule has 0 aliphatic carbocycles. The lowest BCUT2D eigenvalue weighted by atomic mass is 9.87. The summed E-state index contributed by atoms with van der Waals surface area (Å²) in [6.45, 7) is 7.03. The molecule has 0 spiro atoms. The highest BCUT2D eigenvalue weighted by atomic mass is 35.5. The van der Waals surface area contributed by atoms with E-state index < -0.39 is 4.92 Å². The Morgan fingerprint density at radius 2 is 1.77 bits per heavy atom. The molecular formula is C19H22ClN3O3. The molecule has 2 N–H and O–H groups in total. The number of amides is 1. The zero-order valence-corrected chi connectivity index (χ0v) is 15.8. The summed E-state index contributed by atoms with van der Waals surface area (Å²) in [6, 6.07) is 11.9. The van der Waals surface area contributed by atoms with Crippen LogP contribution in [0, 0.1) is 10.1 Å². The van der Waals surface area contributed by atoms with Gasteiger partial charge in [0.15, 0.2) is 0 Å². The lowest BCUT2D eigenvalue weighted by molar-refractivity contribution is -0.383. The second kappa shape index (κ2) is 8.19. The number of halogens is 1. The van der Waals surface area contributed by atoms with Crippen molar-refractivity contribution in [2.45, 2.75) is 26.2 Å². The molecule has 0 atom stereocenters. The summed E-state index contributed by atoms with van der Waals surface area (Å²) < 4.78 is 0. The Morgan fingerprint density at radius 1 is 1.12 bits per heavy atom. The molecule has 0 bridgehead atoms. The van der Waals surface area contributed by atoms with Crippen molar-refractivity contribution in [3.63, 3.8) is 0 Å². The van der Waals surface area contributed by atoms with Gasteiger partial charge in [-0.15, -0.1) is 0 Å². The van der Waals surface area contributed by atoms with Gasteiger partial charge in [-0.25, -0.2) is 0 Å². The van der Waals surface area contributed by atoms with Gasteiger partial charge < -0.3 is 10.6 Å². The molecule has 2 aromatic carbocycles. The van der Waals surface area contributed by atoms with Gasteiger partial charge in [0.25, 0.3) is 11.6 Å². The fraction of sp³-hybridized carbons (Fsp3) is 0.316. The lowest BCUT2D eigenvalue weighted by Gasteiger charge is -2.19. The molecule has 0 saturated heterocycles. The third-order valence-corrected chi connectivity index (χ3v) is 4.13. The zero-order valence-electron chi connectivity index (χ0n) is 15.0. The number of nitrogens with zero attached hydrogens (tertiary/aromatic N) is 1. The third-order valence-electron chi connectivity index (χ3n) is 3.90. The fourth-order valence-corrected chi connectivity index (χ4v) is 2.57. The molecule has 6 nitrogen and oxygen atoms in total. The predicted octanol–water partition coefficient (Wildman–Crippen LogP) is 4.39. The minimum absolute atomic E-state index is 0.0340. The number of carbonyl (C=O) groups is 1. The van der Waals surface area contributed by atoms with E-state index in [0.29, 0.717) is 29.4 Å². The first-order valence-corrected chi connectivity index (χ1v) is 8.63. The largest absolute Gasteiger partial charge is 0.378 e. The number of nitrogens with one attached hydrogen (secondary N) is 2. The first-order chi connectivity index (χ1) is 12.2. The Morgan fingerprint density at radius 3 is 2.35 bits per heavy atom. The van der Waals surface area contributed by atoms with Crippen molar-refractivity contribution in [3.05, 3.63) is 68.7 Å². The van der Waals surface area contributed by atoms with Crippen molar-refractivity contribution in [1.82, 2.24) is 5.32 Å². The molecule has 0 aromatic heterocycles. The maximum Gasteiger partial charge on any atom is 0.293 e. The van der Waals surface area contributed by atoms with Crippen LogP contribution in [0.25, 0.3) is 0 Å². The van der Waals surface area contributed by atoms with Gasteiger partial charge in [0.05, 0.1) is 4.92 Å². The van der Waals surface area contributed by atoms with E-state index in [4.69, 9.17) is 11.6 Å². The standard InChI is InChI=1S/C19H22ClN3O3/c1-19(2,3)14-6-4-13(5-7-14)18(24)22-11-10-21-16-9-8-15(20)12-17(16)23(25)26/h4-9,12,21H,10-11H2,1-3H3,(H,22,24). The third kappa shape index (κ3) is 5.20. The average Bonchev–Trinajstić information content (AvgIpc) is 2.58. The molecule has 0 radical (unpaired) electrons. The summed E-state index contributed by atoms with van der Waals surface area (Å²) in [6.07, 6.45) is 0. The first-order valence-electron chi connectivity index (χ1n) is 8.25. The van der Waals surface area contributed by atoms with E-state index in [1.165, 1.54) is 6.07 Å². The topological polar surface area (TPSA) is 84.3 Å². The van der Waals surface area contributed by atoms with Crippen LogP contribution in [0.1, 0.15) is 36.7 Å². The molecule has 138 valence electrons. The lowest BCUT2D eigenvalue weighted by Crippen LogP contribution is -2.29. The minimum Gasteiger partial charge on any atom is -0.378 e. The van der Waals surface area contributed by atoms with E-state index in [2.05, 4.69) is 31.4 Å². The number of rotatable bonds is 6. The monoisotopic (exact) mass is 375 g/mol. The maximum absolute atomic E-state index is 12.2. The van der Waals surface area contributed by atoms with Gasteiger partial charge in [0.1, 0.15) is 5.69 Å². The molecule has 1 amide bonds. The molecule has 0 aliphatic heterocycles. The second-order valence-corrected chi connectivity index (χ2v) is 7.37. The van der Waals surface area contributed by atoms with E-state index in [1.54, 1.807) is 24.3 Å². The van der Waals surface area contributed by atoms with E-state index in [-0.39, 0.29) is 17.0 Å². The predicted molar refractivity (Wildman–Crippen MR) is 104 cm³/mol. The maximum atomic E-state index is 12.2. The first kappa shape index (κ1) is 19.7. The Hall–Kier alpha value is -2.60. The molecule has 2 aromatic rings. The Bertz CT molecular complexity index is 799. The van der Waals surface area contributed by atoms with Crippen molar-refractivity contribution in [1.29, 1.82) is 0 Å². The van der Waals surface area contributed by atoms with E-state index in [1.807, 2.05) is 12.1 Å². The van der Waals surface area contributed by atoms with Crippen molar-refractivity contribution in [3.8, 4) is 0 Å². The summed E-state index contributed by atoms with van der Waals surface area (Å²) in [5.74, 6) is -0.183. The summed E-state index contributed by atoms with van der Waals surface area (Å²) >= 11 is 5.78. The number of anilines is 1. The molecule has 2 rings (SSSR count). The normalized spacial score (nSPS) is 11.1. The van der Waals surface area contributed by atoms with Crippen LogP contribution in [0.2, 0.25) is 5.02 Å². The van der Waals surface area contributed by atoms with Gasteiger partial charge >= 0.3 is 0 Å². The molecule has 7 heteroatoms. The smallest absolute Gasteiger partial charge is 0.293 e. The van der Waals surface area contributed by atoms with Gasteiger partial charge in [-0.3, -0.25) is 14.9 Å². The van der Waals surface area contributed by atoms with Crippen molar-refractivity contribution in [2.24, 2.45) is 0 Å². The Balaban J connectivity index is 1.88. The van der Waals surface area contributed by atoms with Crippen LogP contribution in [0.15, 0.2) is 42.5 Å². The van der Waals surface area contributed by atoms with Crippen LogP contribution < -0.4 is 10.6 Å². The van der Waals surface area contributed by atoms with E-state index in [0.717, 1.165) is 5.56 Å². The minimum atomic E-state index is -0.496. The molecule has 0 saturated carbocycles. The highest BCUT2D eigenvalue weighted by molar-refractivity contribution is 6.30. The number of carbonyl (C=O) groups excluding carboxylic acids is 1. The van der Waals surface area contributed by atoms with Crippen LogP contribution in [0.4, 0.5) is 11.4 Å². The number of benzene rings is 2. The summed E-state index contributed by atoms with van der Waals surface area (Å²) in [5.41, 5.74) is 2.04. The molecule has 0 unspecified atom stereocenters. The number of nitro benzene ring substituents is 1. The van der Waals surface area contributed by atoms with Crippen LogP contribution in [0.3, 0.4) is 0 Å². The molecule has 0 aliphatic rings. The Labute approximate surface area is 157 Å². The van der Waals surface area contributed by atoms with Gasteiger partial charge in [-0.05, 0) is 35.2 Å². The molecule has 26 heavy (non-hydrogen) atoms. The van der Waals surface area contributed by atoms with Crippen molar-refractivity contribution >= 4 is 28.9 Å². The van der Waals surface area contributed by atoms with Crippen LogP contribution in [-0.4, -0.2) is 23.9 Å². The second-order valence-electron chi connectivity index (χ2n) is 6.93.